The molecule has 1 spiro atoms. The number of carbonyl (C=O) groups excluding carboxylic acids is 1. The van der Waals surface area contributed by atoms with E-state index in [2.05, 4.69) is 79.7 Å². The van der Waals surface area contributed by atoms with Gasteiger partial charge in [0.25, 0.3) is 21.6 Å². The molecule has 7 heterocycles. The predicted octanol–water partition coefficient (Wildman–Crippen LogP) is 9.09. The third kappa shape index (κ3) is 10.9. The van der Waals surface area contributed by atoms with Crippen LogP contribution in [-0.2, 0) is 19.5 Å². The first kappa shape index (κ1) is 54.6. The van der Waals surface area contributed by atoms with Crippen molar-refractivity contribution in [2.75, 3.05) is 74.3 Å². The summed E-state index contributed by atoms with van der Waals surface area (Å²) in [7, 11) is -4.64. The molecule has 4 saturated heterocycles. The highest BCUT2D eigenvalue weighted by Crippen LogP contribution is 2.55. The number of aromatic nitrogens is 2. The average molecular weight is 1120 g/mol. The fraction of sp³-hybridized carbons (Fsp3) is 0.567. The van der Waals surface area contributed by atoms with Crippen LogP contribution >= 0.6 is 0 Å². The van der Waals surface area contributed by atoms with Crippen molar-refractivity contribution in [3.05, 3.63) is 100 Å². The summed E-state index contributed by atoms with van der Waals surface area (Å²) in [6.07, 6.45) is 11.2. The monoisotopic (exact) mass is 1120 g/mol. The van der Waals surface area contributed by atoms with E-state index in [9.17, 15) is 28.4 Å². The van der Waals surface area contributed by atoms with E-state index in [-0.39, 0.29) is 46.8 Å². The molecular formula is C60H77N9O10S. The molecule has 0 bridgehead atoms. The number of H-pyrrole nitrogens is 1. The van der Waals surface area contributed by atoms with Crippen molar-refractivity contribution in [3.63, 3.8) is 0 Å². The summed E-state index contributed by atoms with van der Waals surface area (Å²) in [6, 6.07) is 22.9. The molecule has 12 rings (SSSR count). The van der Waals surface area contributed by atoms with Crippen LogP contribution in [0.15, 0.2) is 83.9 Å². The summed E-state index contributed by atoms with van der Waals surface area (Å²) < 4.78 is 55.7. The third-order valence-electron chi connectivity index (χ3n) is 18.6. The largest absolute Gasteiger partial charge is 0.491 e. The number of anilines is 4. The van der Waals surface area contributed by atoms with Crippen LogP contribution < -0.4 is 29.3 Å². The number of aliphatic hydroxyl groups is 1. The molecule has 6 fully saturated rings. The highest BCUT2D eigenvalue weighted by atomic mass is 32.2. The summed E-state index contributed by atoms with van der Waals surface area (Å²) in [5.41, 5.74) is 3.28. The molecule has 2 aliphatic carbocycles. The van der Waals surface area contributed by atoms with Gasteiger partial charge in [0.2, 0.25) is 5.88 Å². The lowest BCUT2D eigenvalue weighted by Gasteiger charge is -2.60. The Hall–Kier alpha value is -6.03. The first-order chi connectivity index (χ1) is 38.5. The van der Waals surface area contributed by atoms with Gasteiger partial charge in [-0.1, -0.05) is 18.2 Å². The SMILES string of the molecule is CC(C)Oc1ccccc1[C@H]1CN(C2CCOCC2)CCN1C1CC2(CCN(c3ccc(C(=O)NS(=O)(=O)c4ccc(NCC5CCC(C)(O)CC5)c([N+](=O)[O-])c4)c(N4c5cc6cc[nH]c6nc5O[C@H]5COCC[C@@H]54)c3)[C@@H](C)C2)C1. The van der Waals surface area contributed by atoms with Gasteiger partial charge in [-0.3, -0.25) is 24.7 Å². The lowest BCUT2D eigenvalue weighted by atomic mass is 9.58. The van der Waals surface area contributed by atoms with Gasteiger partial charge in [0.1, 0.15) is 28.9 Å². The third-order valence-corrected chi connectivity index (χ3v) is 20.0. The minimum absolute atomic E-state index is 0.0683. The number of fused-ring (bicyclic) bond motifs is 3. The lowest BCUT2D eigenvalue weighted by molar-refractivity contribution is -0.384. The Morgan fingerprint density at radius 1 is 0.925 bits per heavy atom. The van der Waals surface area contributed by atoms with Gasteiger partial charge in [-0.15, -0.1) is 0 Å². The Bertz CT molecular complexity index is 3200. The maximum atomic E-state index is 14.9. The molecule has 19 nitrogen and oxygen atoms in total. The molecule has 0 radical (unpaired) electrons. The zero-order valence-corrected chi connectivity index (χ0v) is 47.3. The van der Waals surface area contributed by atoms with Crippen LogP contribution in [0.1, 0.15) is 120 Å². The van der Waals surface area contributed by atoms with Gasteiger partial charge in [0.05, 0.1) is 51.5 Å². The first-order valence-electron chi connectivity index (χ1n) is 29.1. The number of aromatic amines is 1. The number of hydrogen-bond acceptors (Lipinski definition) is 16. The average Bonchev–Trinajstić information content (AvgIpc) is 3.93. The van der Waals surface area contributed by atoms with E-state index in [1.54, 1.807) is 6.07 Å². The second-order valence-corrected chi connectivity index (χ2v) is 26.1. The van der Waals surface area contributed by atoms with Gasteiger partial charge in [0.15, 0.2) is 0 Å². The van der Waals surface area contributed by atoms with Gasteiger partial charge >= 0.3 is 0 Å². The van der Waals surface area contributed by atoms with Gasteiger partial charge < -0.3 is 44.2 Å². The van der Waals surface area contributed by atoms with E-state index in [1.807, 2.05) is 37.4 Å². The molecule has 2 saturated carbocycles. The standard InChI is InChI=1S/C60H77N9O10S/c1-38(2)78-54-8-6-5-7-46(54)53-36-65(42-16-26-76-27-17-42)24-25-67(53)44-33-60(34-44)21-23-66(39(3)32-60)43-9-11-47(50(30-43)68-49-18-28-77-37-55(49)79-58-52(68)29-41-15-22-61-56(41)63-58)57(70)64-80(74,75)45-10-12-48(51(31-45)69(72)73)62-35-40-13-19-59(4,71)20-14-40/h5-12,15,22,29-31,38-40,42,44,49,53,55,62,71H,13-14,16-21,23-28,32-37H2,1-4H3,(H,61,63)(H,64,70)/t39-,40?,44?,49-,53+,55-,59?,60?/m0/s1. The van der Waals surface area contributed by atoms with Gasteiger partial charge in [-0.2, -0.15) is 4.98 Å². The van der Waals surface area contributed by atoms with Crippen molar-refractivity contribution in [1.29, 1.82) is 0 Å². The molecule has 0 unspecified atom stereocenters. The molecule has 3 aromatic carbocycles. The normalized spacial score (nSPS) is 28.7. The molecular weight excluding hydrogens is 1040 g/mol. The van der Waals surface area contributed by atoms with Gasteiger partial charge in [-0.25, -0.2) is 13.1 Å². The number of sulfonamides is 1. The molecule has 80 heavy (non-hydrogen) atoms. The van der Waals surface area contributed by atoms with Crippen LogP contribution in [0.2, 0.25) is 0 Å². The van der Waals surface area contributed by atoms with Crippen LogP contribution in [0, 0.1) is 21.4 Å². The molecule has 20 heteroatoms. The van der Waals surface area contributed by atoms with E-state index in [1.165, 1.54) is 17.7 Å². The molecule has 2 aromatic heterocycles. The maximum absolute atomic E-state index is 14.9. The predicted molar refractivity (Wildman–Crippen MR) is 306 cm³/mol. The number of nitro benzene ring substituents is 1. The van der Waals surface area contributed by atoms with Gasteiger partial charge in [-0.05, 0) is 158 Å². The Balaban J connectivity index is 0.816. The van der Waals surface area contributed by atoms with Crippen LogP contribution in [0.4, 0.5) is 28.4 Å². The first-order valence-corrected chi connectivity index (χ1v) is 30.6. The highest BCUT2D eigenvalue weighted by molar-refractivity contribution is 7.90. The zero-order valence-electron chi connectivity index (χ0n) is 46.5. The summed E-state index contributed by atoms with van der Waals surface area (Å²) in [6.45, 7) is 14.9. The quantitative estimate of drug-likeness (QED) is 0.0602. The summed E-state index contributed by atoms with van der Waals surface area (Å²) in [5, 5.41) is 26.9. The van der Waals surface area contributed by atoms with Crippen LogP contribution in [0.25, 0.3) is 11.0 Å². The number of nitro groups is 1. The summed E-state index contributed by atoms with van der Waals surface area (Å²) in [5.74, 6) is 0.648. The molecule has 4 atom stereocenters. The Morgan fingerprint density at radius 2 is 1.71 bits per heavy atom. The molecule has 5 aromatic rings. The van der Waals surface area contributed by atoms with Crippen molar-refractivity contribution in [3.8, 4) is 11.6 Å². The second kappa shape index (κ2) is 22.0. The zero-order chi connectivity index (χ0) is 55.5. The maximum Gasteiger partial charge on any atom is 0.293 e. The van der Waals surface area contributed by atoms with E-state index >= 15 is 0 Å². The molecule has 4 N–H and O–H groups in total. The minimum atomic E-state index is -4.64. The van der Waals surface area contributed by atoms with Crippen molar-refractivity contribution in [1.82, 2.24) is 24.5 Å². The Labute approximate surface area is 468 Å². The van der Waals surface area contributed by atoms with Crippen LogP contribution in [0.3, 0.4) is 0 Å². The number of pyridine rings is 1. The number of piperazine rings is 1. The van der Waals surface area contributed by atoms with Crippen molar-refractivity contribution in [2.45, 2.75) is 151 Å². The van der Waals surface area contributed by atoms with E-state index in [4.69, 9.17) is 23.9 Å². The van der Waals surface area contributed by atoms with Crippen molar-refractivity contribution < 1.29 is 42.2 Å². The number of nitrogens with zero attached hydrogens (tertiary/aromatic N) is 6. The molecule has 5 aliphatic heterocycles. The number of piperidine rings is 1. The number of benzene rings is 3. The lowest BCUT2D eigenvalue weighted by Crippen LogP contribution is -2.62. The number of amides is 1. The van der Waals surface area contributed by atoms with Crippen LogP contribution in [0.5, 0.6) is 11.6 Å². The van der Waals surface area contributed by atoms with Gasteiger partial charge in [0, 0.05) is 99.6 Å². The number of para-hydroxylation sites is 1. The number of rotatable bonds is 14. The molecule has 428 valence electrons. The molecule has 1 amide bonds. The fourth-order valence-corrected chi connectivity index (χ4v) is 15.4. The van der Waals surface area contributed by atoms with E-state index in [0.29, 0.717) is 74.0 Å². The number of hydrogen-bond donors (Lipinski definition) is 4. The molecule has 7 aliphatic rings. The van der Waals surface area contributed by atoms with E-state index < -0.39 is 43.1 Å². The second-order valence-electron chi connectivity index (χ2n) is 24.4. The number of nitrogens with one attached hydrogen (secondary N) is 3. The minimum Gasteiger partial charge on any atom is -0.491 e. The topological polar surface area (TPSA) is 217 Å². The van der Waals surface area contributed by atoms with Crippen molar-refractivity contribution >= 4 is 55.4 Å². The summed E-state index contributed by atoms with van der Waals surface area (Å²) >= 11 is 0. The summed E-state index contributed by atoms with van der Waals surface area (Å²) in [4.78, 5) is 44.4. The highest BCUT2D eigenvalue weighted by Gasteiger charge is 2.52. The Kier molecular flexibility index (Phi) is 15.0. The number of ether oxygens (including phenoxy) is 4. The Morgan fingerprint density at radius 3 is 2.49 bits per heavy atom. The van der Waals surface area contributed by atoms with Crippen molar-refractivity contribution in [2.24, 2.45) is 11.3 Å². The van der Waals surface area contributed by atoms with E-state index in [0.717, 1.165) is 114 Å². The van der Waals surface area contributed by atoms with Crippen LogP contribution in [-0.4, -0.2) is 145 Å². The smallest absolute Gasteiger partial charge is 0.293 e. The number of carbonyl (C=O) groups is 1. The fourth-order valence-electron chi connectivity index (χ4n) is 14.4.